The minimum Gasteiger partial charge on any atom is -0.377 e. The molecule has 0 spiro atoms. The first kappa shape index (κ1) is 8.44. The molecular formula is C9H11FN2O. The number of nitrogens with one attached hydrogen (secondary N) is 1. The van der Waals surface area contributed by atoms with Crippen molar-refractivity contribution in [1.29, 1.82) is 0 Å². The number of hydrogen-bond donors (Lipinski definition) is 1. The van der Waals surface area contributed by atoms with Gasteiger partial charge in [0, 0.05) is 0 Å². The summed E-state index contributed by atoms with van der Waals surface area (Å²) in [5, 5.41) is 3.08. The van der Waals surface area contributed by atoms with Crippen molar-refractivity contribution in [3.63, 3.8) is 0 Å². The lowest BCUT2D eigenvalue weighted by molar-refractivity contribution is 0.0209. The maximum absolute atomic E-state index is 12.8. The van der Waals surface area contributed by atoms with Gasteiger partial charge in [-0.05, 0) is 24.6 Å². The fraction of sp³-hybridized carbons (Fsp3) is 0.444. The van der Waals surface area contributed by atoms with Crippen LogP contribution in [0.25, 0.3) is 0 Å². The van der Waals surface area contributed by atoms with Gasteiger partial charge >= 0.3 is 0 Å². The van der Waals surface area contributed by atoms with Crippen LogP contribution in [0.3, 0.4) is 0 Å². The third-order valence-corrected chi connectivity index (χ3v) is 1.93. The Labute approximate surface area is 75.9 Å². The summed E-state index contributed by atoms with van der Waals surface area (Å²) in [6.45, 7) is 3.20. The Balaban J connectivity index is 2.10. The number of nitrogens with zero attached hydrogens (tertiary/aromatic N) is 1. The number of aryl methyl sites for hydroxylation is 1. The molecule has 0 bridgehead atoms. The average Bonchev–Trinajstić information content (AvgIpc) is 1.95. The Morgan fingerprint density at radius 3 is 2.85 bits per heavy atom. The lowest BCUT2D eigenvalue weighted by atomic mass is 10.2. The van der Waals surface area contributed by atoms with Crippen molar-refractivity contribution in [3.8, 4) is 0 Å². The molecule has 1 saturated heterocycles. The van der Waals surface area contributed by atoms with Crippen LogP contribution < -0.4 is 5.32 Å². The molecule has 0 atom stereocenters. The number of hydrogen-bond acceptors (Lipinski definition) is 3. The standard InChI is InChI=1S/C9H11FN2O/c1-6-2-8(10)12-9(3-6)11-7-4-13-5-7/h2-3,7H,4-5H2,1H3,(H,11,12). The fourth-order valence-corrected chi connectivity index (χ4v) is 1.23. The second-order valence-electron chi connectivity index (χ2n) is 3.23. The maximum Gasteiger partial charge on any atom is 0.215 e. The predicted octanol–water partition coefficient (Wildman–Crippen LogP) is 1.34. The molecule has 0 unspecified atom stereocenters. The van der Waals surface area contributed by atoms with Gasteiger partial charge < -0.3 is 10.1 Å². The SMILES string of the molecule is Cc1cc(F)nc(NC2COC2)c1. The molecule has 13 heavy (non-hydrogen) atoms. The molecule has 2 heterocycles. The highest BCUT2D eigenvalue weighted by Gasteiger charge is 2.18. The Morgan fingerprint density at radius 1 is 1.54 bits per heavy atom. The zero-order chi connectivity index (χ0) is 9.26. The van der Waals surface area contributed by atoms with E-state index < -0.39 is 5.95 Å². The number of ether oxygens (including phenoxy) is 1. The van der Waals surface area contributed by atoms with E-state index in [-0.39, 0.29) is 6.04 Å². The van der Waals surface area contributed by atoms with Crippen LogP contribution in [0.2, 0.25) is 0 Å². The van der Waals surface area contributed by atoms with Gasteiger partial charge in [-0.2, -0.15) is 4.39 Å². The second-order valence-corrected chi connectivity index (χ2v) is 3.23. The second kappa shape index (κ2) is 3.30. The molecule has 1 N–H and O–H groups in total. The van der Waals surface area contributed by atoms with E-state index in [0.717, 1.165) is 5.56 Å². The summed E-state index contributed by atoms with van der Waals surface area (Å²) in [6.07, 6.45) is 0. The maximum atomic E-state index is 12.8. The molecule has 1 fully saturated rings. The van der Waals surface area contributed by atoms with Crippen LogP contribution in [-0.2, 0) is 4.74 Å². The Bertz CT molecular complexity index is 292. The lowest BCUT2D eigenvalue weighted by Gasteiger charge is -2.27. The molecular weight excluding hydrogens is 171 g/mol. The number of halogens is 1. The van der Waals surface area contributed by atoms with Crippen LogP contribution >= 0.6 is 0 Å². The first-order chi connectivity index (χ1) is 6.24. The number of rotatable bonds is 2. The molecule has 1 aliphatic heterocycles. The van der Waals surface area contributed by atoms with Gasteiger partial charge in [0.2, 0.25) is 5.95 Å². The molecule has 0 amide bonds. The van der Waals surface area contributed by atoms with Gasteiger partial charge in [0.1, 0.15) is 5.82 Å². The number of aromatic nitrogens is 1. The van der Waals surface area contributed by atoms with E-state index in [1.807, 2.05) is 13.0 Å². The summed E-state index contributed by atoms with van der Waals surface area (Å²) >= 11 is 0. The molecule has 3 nitrogen and oxygen atoms in total. The molecule has 0 saturated carbocycles. The largest absolute Gasteiger partial charge is 0.377 e. The normalized spacial score (nSPS) is 16.8. The molecule has 2 rings (SSSR count). The summed E-state index contributed by atoms with van der Waals surface area (Å²) < 4.78 is 17.8. The summed E-state index contributed by atoms with van der Waals surface area (Å²) in [6, 6.07) is 3.51. The van der Waals surface area contributed by atoms with Crippen LogP contribution in [0.15, 0.2) is 12.1 Å². The van der Waals surface area contributed by atoms with Crippen molar-refractivity contribution in [2.24, 2.45) is 0 Å². The van der Waals surface area contributed by atoms with E-state index in [2.05, 4.69) is 10.3 Å². The van der Waals surface area contributed by atoms with Crippen molar-refractivity contribution < 1.29 is 9.13 Å². The van der Waals surface area contributed by atoms with Gasteiger partial charge in [0.15, 0.2) is 0 Å². The third kappa shape index (κ3) is 1.95. The highest BCUT2D eigenvalue weighted by Crippen LogP contribution is 2.12. The first-order valence-electron chi connectivity index (χ1n) is 4.22. The van der Waals surface area contributed by atoms with Crippen molar-refractivity contribution >= 4 is 5.82 Å². The Morgan fingerprint density at radius 2 is 2.31 bits per heavy atom. The van der Waals surface area contributed by atoms with E-state index in [4.69, 9.17) is 4.74 Å². The number of anilines is 1. The zero-order valence-electron chi connectivity index (χ0n) is 7.38. The van der Waals surface area contributed by atoms with Crippen LogP contribution in [0.1, 0.15) is 5.56 Å². The topological polar surface area (TPSA) is 34.2 Å². The molecule has 1 aliphatic rings. The van der Waals surface area contributed by atoms with E-state index in [1.54, 1.807) is 0 Å². The third-order valence-electron chi connectivity index (χ3n) is 1.93. The highest BCUT2D eigenvalue weighted by molar-refractivity contribution is 5.38. The Hall–Kier alpha value is -1.16. The summed E-state index contributed by atoms with van der Waals surface area (Å²) in [7, 11) is 0. The minimum absolute atomic E-state index is 0.286. The van der Waals surface area contributed by atoms with Gasteiger partial charge in [-0.25, -0.2) is 4.98 Å². The van der Waals surface area contributed by atoms with Crippen LogP contribution in [-0.4, -0.2) is 24.2 Å². The van der Waals surface area contributed by atoms with E-state index in [1.165, 1.54) is 6.07 Å². The molecule has 0 radical (unpaired) electrons. The van der Waals surface area contributed by atoms with E-state index in [0.29, 0.717) is 19.0 Å². The molecule has 0 aliphatic carbocycles. The first-order valence-corrected chi connectivity index (χ1v) is 4.22. The Kier molecular flexibility index (Phi) is 2.14. The summed E-state index contributed by atoms with van der Waals surface area (Å²) in [5.74, 6) is 0.147. The van der Waals surface area contributed by atoms with E-state index in [9.17, 15) is 4.39 Å². The van der Waals surface area contributed by atoms with Gasteiger partial charge in [-0.15, -0.1) is 0 Å². The van der Waals surface area contributed by atoms with Crippen LogP contribution in [0.5, 0.6) is 0 Å². The predicted molar refractivity (Wildman–Crippen MR) is 47.2 cm³/mol. The minimum atomic E-state index is -0.442. The highest BCUT2D eigenvalue weighted by atomic mass is 19.1. The van der Waals surface area contributed by atoms with Crippen molar-refractivity contribution in [2.45, 2.75) is 13.0 Å². The summed E-state index contributed by atoms with van der Waals surface area (Å²) in [5.41, 5.74) is 0.871. The van der Waals surface area contributed by atoms with Gasteiger partial charge in [0.05, 0.1) is 19.3 Å². The van der Waals surface area contributed by atoms with Crippen molar-refractivity contribution in [3.05, 3.63) is 23.6 Å². The quantitative estimate of drug-likeness (QED) is 0.701. The van der Waals surface area contributed by atoms with Gasteiger partial charge in [0.25, 0.3) is 0 Å². The van der Waals surface area contributed by atoms with Gasteiger partial charge in [-0.1, -0.05) is 0 Å². The zero-order valence-corrected chi connectivity index (χ0v) is 7.38. The van der Waals surface area contributed by atoms with Gasteiger partial charge in [-0.3, -0.25) is 0 Å². The van der Waals surface area contributed by atoms with Crippen LogP contribution in [0.4, 0.5) is 10.2 Å². The molecule has 0 aromatic carbocycles. The smallest absolute Gasteiger partial charge is 0.215 e. The number of pyridine rings is 1. The van der Waals surface area contributed by atoms with Crippen molar-refractivity contribution in [2.75, 3.05) is 18.5 Å². The molecule has 4 heteroatoms. The average molecular weight is 182 g/mol. The molecule has 1 aromatic heterocycles. The summed E-state index contributed by atoms with van der Waals surface area (Å²) in [4.78, 5) is 3.72. The fourth-order valence-electron chi connectivity index (χ4n) is 1.23. The lowest BCUT2D eigenvalue weighted by Crippen LogP contribution is -2.40. The van der Waals surface area contributed by atoms with Crippen LogP contribution in [0, 0.1) is 12.9 Å². The van der Waals surface area contributed by atoms with Crippen molar-refractivity contribution in [1.82, 2.24) is 4.98 Å². The van der Waals surface area contributed by atoms with E-state index >= 15 is 0 Å². The monoisotopic (exact) mass is 182 g/mol. The molecule has 70 valence electrons. The molecule has 1 aromatic rings.